The maximum absolute atomic E-state index is 4.14. The molecule has 0 spiro atoms. The first-order chi connectivity index (χ1) is 3.77. The van der Waals surface area contributed by atoms with Crippen LogP contribution in [0.1, 0.15) is 20.8 Å². The maximum Gasteiger partial charge on any atom is 0.286 e. The van der Waals surface area contributed by atoms with Crippen LogP contribution in [0.4, 0.5) is 0 Å². The maximum atomic E-state index is 4.14. The van der Waals surface area contributed by atoms with Crippen LogP contribution < -0.4 is 0 Å². The molecule has 0 aliphatic heterocycles. The van der Waals surface area contributed by atoms with Gasteiger partial charge in [-0.15, -0.1) is 0 Å². The topological polar surface area (TPSA) is 12.4 Å². The van der Waals surface area contributed by atoms with E-state index >= 15 is 0 Å². The number of nitrogens with zero attached hydrogens (tertiary/aromatic N) is 1. The van der Waals surface area contributed by atoms with Crippen LogP contribution in [0.3, 0.4) is 0 Å². The van der Waals surface area contributed by atoms with E-state index in [0.29, 0.717) is 0 Å². The normalized spacial score (nSPS) is 9.38. The first kappa shape index (κ1) is 7.47. The van der Waals surface area contributed by atoms with Crippen molar-refractivity contribution in [2.75, 3.05) is 0 Å². The second kappa shape index (κ2) is 4.63. The molecule has 0 aliphatic rings. The minimum Gasteiger partial charge on any atom is -0.349 e. The monoisotopic (exact) mass is 109 g/mol. The smallest absolute Gasteiger partial charge is 0.286 e. The molecule has 0 atom stereocenters. The van der Waals surface area contributed by atoms with Gasteiger partial charge in [0.15, 0.2) is 0 Å². The average molecular weight is 109 g/mol. The summed E-state index contributed by atoms with van der Waals surface area (Å²) in [6.45, 7) is 6.01. The summed E-state index contributed by atoms with van der Waals surface area (Å²) in [5.41, 5.74) is 1.14. The van der Waals surface area contributed by atoms with Crippen molar-refractivity contribution in [1.82, 2.24) is 0 Å². The molecular formula is C6H12BN. The summed E-state index contributed by atoms with van der Waals surface area (Å²) in [6, 6.07) is 0. The summed E-state index contributed by atoms with van der Waals surface area (Å²) in [7, 11) is 0.832. The Hall–Kier alpha value is -0.525. The summed E-state index contributed by atoms with van der Waals surface area (Å²) in [6.07, 6.45) is 2.01. The molecule has 0 aliphatic carbocycles. The van der Waals surface area contributed by atoms with Gasteiger partial charge in [0.1, 0.15) is 0 Å². The van der Waals surface area contributed by atoms with Crippen molar-refractivity contribution >= 4 is 13.1 Å². The molecule has 0 amide bonds. The number of rotatable bonds is 2. The Balaban J connectivity index is 3.30. The molecule has 0 unspecified atom stereocenters. The second-order valence-electron chi connectivity index (χ2n) is 1.86. The zero-order valence-electron chi connectivity index (χ0n) is 5.81. The van der Waals surface area contributed by atoms with Crippen molar-refractivity contribution in [2.24, 2.45) is 4.90 Å². The molecule has 2 heteroatoms. The van der Waals surface area contributed by atoms with E-state index in [0.717, 1.165) is 13.1 Å². The van der Waals surface area contributed by atoms with E-state index in [2.05, 4.69) is 4.90 Å². The zero-order valence-corrected chi connectivity index (χ0v) is 5.81. The van der Waals surface area contributed by atoms with Crippen LogP contribution in [0, 0.1) is 0 Å². The van der Waals surface area contributed by atoms with Gasteiger partial charge in [-0.2, -0.15) is 0 Å². The fourth-order valence-corrected chi connectivity index (χ4v) is 0.341. The van der Waals surface area contributed by atoms with Gasteiger partial charge in [-0.3, -0.25) is 0 Å². The van der Waals surface area contributed by atoms with Gasteiger partial charge < -0.3 is 4.90 Å². The third-order valence-electron chi connectivity index (χ3n) is 0.749. The van der Waals surface area contributed by atoms with Gasteiger partial charge in [0.2, 0.25) is 0 Å². The van der Waals surface area contributed by atoms with Gasteiger partial charge in [-0.1, -0.05) is 12.1 Å². The molecule has 0 aromatic carbocycles. The molecule has 8 heavy (non-hydrogen) atoms. The van der Waals surface area contributed by atoms with Crippen molar-refractivity contribution < 1.29 is 0 Å². The van der Waals surface area contributed by atoms with Gasteiger partial charge in [-0.25, -0.2) is 0 Å². The van der Waals surface area contributed by atoms with Crippen molar-refractivity contribution in [1.29, 1.82) is 0 Å². The van der Waals surface area contributed by atoms with Crippen LogP contribution in [-0.4, -0.2) is 13.1 Å². The van der Waals surface area contributed by atoms with Crippen LogP contribution in [0.15, 0.2) is 17.0 Å². The Morgan fingerprint density at radius 3 is 2.50 bits per heavy atom. The number of hydrogen-bond donors (Lipinski definition) is 0. The quantitative estimate of drug-likeness (QED) is 0.375. The van der Waals surface area contributed by atoms with E-state index in [1.54, 1.807) is 0 Å². The Bertz CT molecular complexity index is 101. The summed E-state index contributed by atoms with van der Waals surface area (Å²) < 4.78 is 0. The minimum absolute atomic E-state index is 0.832. The standard InChI is InChI=1S/C6H12BN/c1-4-5-7-8-6(2)3/h4-5,7H,1-3H3/b5-4-. The highest BCUT2D eigenvalue weighted by Gasteiger charge is 1.75. The van der Waals surface area contributed by atoms with Crippen molar-refractivity contribution in [3.05, 3.63) is 12.1 Å². The lowest BCUT2D eigenvalue weighted by atomic mass is 9.96. The van der Waals surface area contributed by atoms with E-state index in [1.165, 1.54) is 0 Å². The summed E-state index contributed by atoms with van der Waals surface area (Å²) in [5, 5.41) is 0. The van der Waals surface area contributed by atoms with Crippen LogP contribution in [-0.2, 0) is 0 Å². The van der Waals surface area contributed by atoms with Crippen molar-refractivity contribution in [3.8, 4) is 0 Å². The molecule has 0 radical (unpaired) electrons. The van der Waals surface area contributed by atoms with Crippen LogP contribution in [0.25, 0.3) is 0 Å². The Morgan fingerprint density at radius 2 is 2.12 bits per heavy atom. The van der Waals surface area contributed by atoms with Gasteiger partial charge in [-0.05, 0) is 26.5 Å². The molecule has 0 saturated carbocycles. The predicted octanol–water partition coefficient (Wildman–Crippen LogP) is 1.35. The third kappa shape index (κ3) is 5.47. The highest BCUT2D eigenvalue weighted by Crippen LogP contribution is 1.73. The van der Waals surface area contributed by atoms with Crippen molar-refractivity contribution in [3.63, 3.8) is 0 Å². The highest BCUT2D eigenvalue weighted by atomic mass is 14.6. The Labute approximate surface area is 51.8 Å². The van der Waals surface area contributed by atoms with Gasteiger partial charge in [0.05, 0.1) is 0 Å². The average Bonchev–Trinajstić information content (AvgIpc) is 1.66. The number of hydrogen-bond acceptors (Lipinski definition) is 1. The third-order valence-corrected chi connectivity index (χ3v) is 0.749. The summed E-state index contributed by atoms with van der Waals surface area (Å²) in [4.78, 5) is 4.14. The van der Waals surface area contributed by atoms with E-state index in [-0.39, 0.29) is 0 Å². The first-order valence-corrected chi connectivity index (χ1v) is 2.86. The van der Waals surface area contributed by atoms with Gasteiger partial charge >= 0.3 is 0 Å². The molecule has 0 aromatic heterocycles. The van der Waals surface area contributed by atoms with E-state index in [1.807, 2.05) is 32.8 Å². The fourth-order valence-electron chi connectivity index (χ4n) is 0.341. The second-order valence-corrected chi connectivity index (χ2v) is 1.86. The van der Waals surface area contributed by atoms with E-state index < -0.39 is 0 Å². The molecular weight excluding hydrogens is 96.9 g/mol. The molecule has 0 bridgehead atoms. The van der Waals surface area contributed by atoms with Crippen molar-refractivity contribution in [2.45, 2.75) is 20.8 Å². The highest BCUT2D eigenvalue weighted by molar-refractivity contribution is 6.42. The summed E-state index contributed by atoms with van der Waals surface area (Å²) >= 11 is 0. The predicted molar refractivity (Wildman–Crippen MR) is 40.7 cm³/mol. The SMILES string of the molecule is C/C=C\BN=C(C)C. The van der Waals surface area contributed by atoms with Crippen LogP contribution in [0.5, 0.6) is 0 Å². The van der Waals surface area contributed by atoms with Crippen LogP contribution in [0.2, 0.25) is 0 Å². The molecule has 1 nitrogen and oxygen atoms in total. The van der Waals surface area contributed by atoms with Crippen LogP contribution >= 0.6 is 0 Å². The molecule has 44 valence electrons. The molecule has 0 fully saturated rings. The first-order valence-electron chi connectivity index (χ1n) is 2.86. The van der Waals surface area contributed by atoms with E-state index in [9.17, 15) is 0 Å². The Morgan fingerprint density at radius 1 is 1.50 bits per heavy atom. The lowest BCUT2D eigenvalue weighted by Crippen LogP contribution is -1.85. The molecule has 0 rings (SSSR count). The zero-order chi connectivity index (χ0) is 6.41. The molecule has 0 aromatic rings. The van der Waals surface area contributed by atoms with Gasteiger partial charge in [0, 0.05) is 0 Å². The molecule has 0 N–H and O–H groups in total. The van der Waals surface area contributed by atoms with E-state index in [4.69, 9.17) is 0 Å². The summed E-state index contributed by atoms with van der Waals surface area (Å²) in [5.74, 6) is 2.03. The lowest BCUT2D eigenvalue weighted by Gasteiger charge is -1.82. The Kier molecular flexibility index (Phi) is 4.33. The molecule has 0 heterocycles. The molecule has 0 saturated heterocycles. The fraction of sp³-hybridized carbons (Fsp3) is 0.500. The van der Waals surface area contributed by atoms with Gasteiger partial charge in [0.25, 0.3) is 7.41 Å². The number of allylic oxidation sites excluding steroid dienone is 1. The largest absolute Gasteiger partial charge is 0.349 e. The minimum atomic E-state index is 0.832. The lowest BCUT2D eigenvalue weighted by molar-refractivity contribution is 1.64.